The summed E-state index contributed by atoms with van der Waals surface area (Å²) in [5.41, 5.74) is 5.11. The van der Waals surface area contributed by atoms with Crippen LogP contribution in [0.1, 0.15) is 11.1 Å². The normalized spacial score (nSPS) is 11.2. The second-order valence-corrected chi connectivity index (χ2v) is 7.97. The van der Waals surface area contributed by atoms with Gasteiger partial charge in [0.1, 0.15) is 5.82 Å². The minimum atomic E-state index is -0.355. The number of para-hydroxylation sites is 1. The number of thioether (sulfide) groups is 1. The third-order valence-corrected chi connectivity index (χ3v) is 5.55. The van der Waals surface area contributed by atoms with Gasteiger partial charge in [0.2, 0.25) is 0 Å². The monoisotopic (exact) mass is 446 g/mol. The summed E-state index contributed by atoms with van der Waals surface area (Å²) in [5, 5.41) is 4.82. The zero-order chi connectivity index (χ0) is 22.5. The number of aryl methyl sites for hydroxylation is 1. The molecule has 0 saturated heterocycles. The minimum Gasteiger partial charge on any atom is -0.272 e. The highest BCUT2D eigenvalue weighted by molar-refractivity contribution is 7.99. The number of hydrazone groups is 1. The largest absolute Gasteiger partial charge is 0.272 e. The lowest BCUT2D eigenvalue weighted by molar-refractivity contribution is -0.118. The predicted molar refractivity (Wildman–Crippen MR) is 125 cm³/mol. The number of carbonyl (C=O) groups is 1. The molecule has 0 aliphatic heterocycles. The lowest BCUT2D eigenvalue weighted by Crippen LogP contribution is -2.24. The number of fused-ring (bicyclic) bond motifs is 1. The number of hydrogen-bond donors (Lipinski definition) is 1. The first-order chi connectivity index (χ1) is 15.5. The molecule has 4 rings (SSSR count). The molecule has 0 aliphatic carbocycles. The van der Waals surface area contributed by atoms with Gasteiger partial charge < -0.3 is 0 Å². The van der Waals surface area contributed by atoms with E-state index in [-0.39, 0.29) is 23.0 Å². The van der Waals surface area contributed by atoms with Gasteiger partial charge in [0.15, 0.2) is 5.16 Å². The highest BCUT2D eigenvalue weighted by Crippen LogP contribution is 2.21. The van der Waals surface area contributed by atoms with E-state index in [1.807, 2.05) is 49.4 Å². The van der Waals surface area contributed by atoms with Crippen molar-refractivity contribution in [3.05, 3.63) is 100 Å². The Balaban J connectivity index is 1.56. The Labute approximate surface area is 187 Å². The standard InChI is InChI=1S/C24H19FN4O2S/c1-16-7-12-21-20(13-16)23(31)29(19-5-3-2-4-6-19)24(27-21)32-15-22(30)28-26-14-17-8-10-18(25)11-9-17/h2-14H,15H2,1H3,(H,28,30)/b26-14+. The molecule has 0 atom stereocenters. The highest BCUT2D eigenvalue weighted by Gasteiger charge is 2.15. The predicted octanol–water partition coefficient (Wildman–Crippen LogP) is 4.08. The van der Waals surface area contributed by atoms with E-state index in [9.17, 15) is 14.0 Å². The van der Waals surface area contributed by atoms with E-state index in [0.717, 1.165) is 17.3 Å². The van der Waals surface area contributed by atoms with Crippen molar-refractivity contribution in [2.75, 3.05) is 5.75 Å². The van der Waals surface area contributed by atoms with Crippen molar-refractivity contribution in [2.45, 2.75) is 12.1 Å². The smallest absolute Gasteiger partial charge is 0.266 e. The Hall–Kier alpha value is -3.78. The van der Waals surface area contributed by atoms with E-state index in [1.54, 1.807) is 18.2 Å². The summed E-state index contributed by atoms with van der Waals surface area (Å²) in [5.74, 6) is -0.687. The van der Waals surface area contributed by atoms with Gasteiger partial charge in [-0.1, -0.05) is 53.7 Å². The molecule has 0 bridgehead atoms. The molecule has 6 nitrogen and oxygen atoms in total. The summed E-state index contributed by atoms with van der Waals surface area (Å²) in [7, 11) is 0. The molecule has 1 heterocycles. The third kappa shape index (κ3) is 4.92. The molecule has 1 N–H and O–H groups in total. The van der Waals surface area contributed by atoms with Crippen LogP contribution >= 0.6 is 11.8 Å². The summed E-state index contributed by atoms with van der Waals surface area (Å²) in [6.45, 7) is 1.92. The second-order valence-electron chi connectivity index (χ2n) is 7.02. The number of halogens is 1. The SMILES string of the molecule is Cc1ccc2nc(SCC(=O)N/N=C/c3ccc(F)cc3)n(-c3ccccc3)c(=O)c2c1. The molecule has 0 unspecified atom stereocenters. The Morgan fingerprint density at radius 3 is 2.62 bits per heavy atom. The van der Waals surface area contributed by atoms with Crippen molar-refractivity contribution >= 4 is 34.8 Å². The average molecular weight is 447 g/mol. The fraction of sp³-hybridized carbons (Fsp3) is 0.0833. The van der Waals surface area contributed by atoms with Gasteiger partial charge in [0.05, 0.1) is 28.6 Å². The average Bonchev–Trinajstić information content (AvgIpc) is 2.80. The van der Waals surface area contributed by atoms with Gasteiger partial charge in [0, 0.05) is 0 Å². The van der Waals surface area contributed by atoms with Gasteiger partial charge in [-0.3, -0.25) is 14.2 Å². The number of carbonyl (C=O) groups excluding carboxylic acids is 1. The van der Waals surface area contributed by atoms with Crippen LogP contribution in [0.4, 0.5) is 4.39 Å². The minimum absolute atomic E-state index is 0.0113. The molecule has 0 aliphatic rings. The molecule has 0 fully saturated rings. The van der Waals surface area contributed by atoms with Crippen LogP contribution < -0.4 is 11.0 Å². The van der Waals surface area contributed by atoms with E-state index < -0.39 is 0 Å². The van der Waals surface area contributed by atoms with Crippen molar-refractivity contribution in [3.8, 4) is 5.69 Å². The van der Waals surface area contributed by atoms with Crippen LogP contribution in [0.15, 0.2) is 87.8 Å². The van der Waals surface area contributed by atoms with Gasteiger partial charge in [-0.15, -0.1) is 0 Å². The highest BCUT2D eigenvalue weighted by atomic mass is 32.2. The lowest BCUT2D eigenvalue weighted by atomic mass is 10.1. The first-order valence-corrected chi connectivity index (χ1v) is 10.8. The molecule has 8 heteroatoms. The van der Waals surface area contributed by atoms with Crippen LogP contribution in [0.25, 0.3) is 16.6 Å². The van der Waals surface area contributed by atoms with Crippen LogP contribution in [0.2, 0.25) is 0 Å². The number of rotatable bonds is 6. The quantitative estimate of drug-likeness (QED) is 0.210. The molecular weight excluding hydrogens is 427 g/mol. The van der Waals surface area contributed by atoms with E-state index in [0.29, 0.717) is 27.3 Å². The van der Waals surface area contributed by atoms with Gasteiger partial charge in [0.25, 0.3) is 11.5 Å². The van der Waals surface area contributed by atoms with Crippen molar-refractivity contribution in [1.29, 1.82) is 0 Å². The van der Waals surface area contributed by atoms with Crippen LogP contribution in [0.5, 0.6) is 0 Å². The van der Waals surface area contributed by atoms with Crippen molar-refractivity contribution in [3.63, 3.8) is 0 Å². The van der Waals surface area contributed by atoms with Gasteiger partial charge >= 0.3 is 0 Å². The maximum Gasteiger partial charge on any atom is 0.266 e. The first-order valence-electron chi connectivity index (χ1n) is 9.80. The van der Waals surface area contributed by atoms with Gasteiger partial charge in [-0.25, -0.2) is 14.8 Å². The zero-order valence-corrected chi connectivity index (χ0v) is 18.0. The molecule has 3 aromatic carbocycles. The molecule has 1 aromatic heterocycles. The lowest BCUT2D eigenvalue weighted by Gasteiger charge is -2.13. The molecular formula is C24H19FN4O2S. The molecule has 32 heavy (non-hydrogen) atoms. The Bertz CT molecular complexity index is 1350. The van der Waals surface area contributed by atoms with E-state index in [1.165, 1.54) is 22.9 Å². The fourth-order valence-corrected chi connectivity index (χ4v) is 3.88. The molecule has 1 amide bonds. The van der Waals surface area contributed by atoms with Crippen LogP contribution in [0.3, 0.4) is 0 Å². The van der Waals surface area contributed by atoms with Crippen LogP contribution in [-0.2, 0) is 4.79 Å². The second kappa shape index (κ2) is 9.57. The topological polar surface area (TPSA) is 76.3 Å². The molecule has 0 radical (unpaired) electrons. The summed E-state index contributed by atoms with van der Waals surface area (Å²) in [6, 6.07) is 20.4. The number of nitrogens with zero attached hydrogens (tertiary/aromatic N) is 3. The van der Waals surface area contributed by atoms with E-state index >= 15 is 0 Å². The van der Waals surface area contributed by atoms with Crippen LogP contribution in [0, 0.1) is 12.7 Å². The molecule has 4 aromatic rings. The Kier molecular flexibility index (Phi) is 6.42. The Morgan fingerprint density at radius 1 is 1.12 bits per heavy atom. The summed E-state index contributed by atoms with van der Waals surface area (Å²) >= 11 is 1.15. The molecule has 0 spiro atoms. The fourth-order valence-electron chi connectivity index (χ4n) is 3.07. The molecule has 160 valence electrons. The van der Waals surface area contributed by atoms with Crippen molar-refractivity contribution < 1.29 is 9.18 Å². The van der Waals surface area contributed by atoms with Crippen LogP contribution in [-0.4, -0.2) is 27.4 Å². The number of amides is 1. The summed E-state index contributed by atoms with van der Waals surface area (Å²) in [6.07, 6.45) is 1.43. The third-order valence-electron chi connectivity index (χ3n) is 4.61. The molecule has 0 saturated carbocycles. The van der Waals surface area contributed by atoms with E-state index in [2.05, 4.69) is 15.5 Å². The van der Waals surface area contributed by atoms with E-state index in [4.69, 9.17) is 0 Å². The van der Waals surface area contributed by atoms with Gasteiger partial charge in [-0.05, 0) is 48.9 Å². The number of aromatic nitrogens is 2. The number of benzene rings is 3. The number of hydrogen-bond acceptors (Lipinski definition) is 5. The Morgan fingerprint density at radius 2 is 1.88 bits per heavy atom. The summed E-state index contributed by atoms with van der Waals surface area (Å²) in [4.78, 5) is 30.2. The van der Waals surface area contributed by atoms with Crippen molar-refractivity contribution in [2.24, 2.45) is 5.10 Å². The first kappa shape index (κ1) is 21.5. The maximum absolute atomic E-state index is 13.3. The number of nitrogens with one attached hydrogen (secondary N) is 1. The summed E-state index contributed by atoms with van der Waals surface area (Å²) < 4.78 is 14.5. The van der Waals surface area contributed by atoms with Gasteiger partial charge in [-0.2, -0.15) is 5.10 Å². The maximum atomic E-state index is 13.3. The zero-order valence-electron chi connectivity index (χ0n) is 17.2. The van der Waals surface area contributed by atoms with Crippen molar-refractivity contribution in [1.82, 2.24) is 15.0 Å².